The molecule has 0 saturated carbocycles. The van der Waals surface area contributed by atoms with Crippen LogP contribution >= 0.6 is 11.6 Å². The Morgan fingerprint density at radius 3 is 2.12 bits per heavy atom. The Morgan fingerprint density at radius 2 is 1.59 bits per heavy atom. The number of hydrogen-bond donors (Lipinski definition) is 2. The maximum Gasteiger partial charge on any atom is 0.191 e. The van der Waals surface area contributed by atoms with Crippen molar-refractivity contribution in [3.63, 3.8) is 0 Å². The van der Waals surface area contributed by atoms with Crippen molar-refractivity contribution in [2.75, 3.05) is 32.4 Å². The van der Waals surface area contributed by atoms with E-state index in [0.717, 1.165) is 17.4 Å². The first-order valence-corrected chi connectivity index (χ1v) is 10.1. The highest BCUT2D eigenvalue weighted by molar-refractivity contribution is 6.32. The van der Waals surface area contributed by atoms with Gasteiger partial charge in [-0.1, -0.05) is 23.7 Å². The van der Waals surface area contributed by atoms with Crippen LogP contribution in [0.1, 0.15) is 22.4 Å². The van der Waals surface area contributed by atoms with Crippen molar-refractivity contribution in [1.82, 2.24) is 4.98 Å². The van der Waals surface area contributed by atoms with Gasteiger partial charge >= 0.3 is 0 Å². The molecule has 170 valence electrons. The molecule has 0 aliphatic heterocycles. The Kier molecular flexibility index (Phi) is 7.25. The number of halogens is 3. The van der Waals surface area contributed by atoms with Crippen LogP contribution in [-0.2, 0) is 13.0 Å². The van der Waals surface area contributed by atoms with Crippen molar-refractivity contribution in [3.8, 4) is 17.2 Å². The van der Waals surface area contributed by atoms with Gasteiger partial charge in [-0.15, -0.1) is 0 Å². The molecule has 9 heteroatoms. The molecule has 0 atom stereocenters. The van der Waals surface area contributed by atoms with Crippen LogP contribution in [0.25, 0.3) is 0 Å². The van der Waals surface area contributed by atoms with Crippen LogP contribution in [0, 0.1) is 18.6 Å². The zero-order valence-electron chi connectivity index (χ0n) is 18.2. The molecule has 1 heterocycles. The third kappa shape index (κ3) is 4.65. The highest BCUT2D eigenvalue weighted by Crippen LogP contribution is 2.36. The summed E-state index contributed by atoms with van der Waals surface area (Å²) in [7, 11) is 4.17. The van der Waals surface area contributed by atoms with E-state index in [1.54, 1.807) is 14.0 Å². The summed E-state index contributed by atoms with van der Waals surface area (Å²) in [6, 6.07) is 8.61. The molecule has 0 amide bonds. The fraction of sp³-hybridized carbons (Fsp3) is 0.261. The van der Waals surface area contributed by atoms with Crippen molar-refractivity contribution in [2.24, 2.45) is 0 Å². The van der Waals surface area contributed by atoms with E-state index >= 15 is 0 Å². The van der Waals surface area contributed by atoms with E-state index in [9.17, 15) is 8.78 Å². The fourth-order valence-corrected chi connectivity index (χ4v) is 3.52. The first kappa shape index (κ1) is 23.4. The Morgan fingerprint density at radius 1 is 1.00 bits per heavy atom. The van der Waals surface area contributed by atoms with Gasteiger partial charge in [-0.3, -0.25) is 0 Å². The van der Waals surface area contributed by atoms with Gasteiger partial charge in [0.15, 0.2) is 23.1 Å². The number of nitrogens with one attached hydrogen (secondary N) is 1. The van der Waals surface area contributed by atoms with Crippen molar-refractivity contribution < 1.29 is 23.0 Å². The largest absolute Gasteiger partial charge is 0.497 e. The Bertz CT molecular complexity index is 1100. The van der Waals surface area contributed by atoms with Crippen LogP contribution in [-0.4, -0.2) is 26.3 Å². The third-order valence-electron chi connectivity index (χ3n) is 5.13. The lowest BCUT2D eigenvalue weighted by Crippen LogP contribution is -2.12. The van der Waals surface area contributed by atoms with E-state index in [-0.39, 0.29) is 23.7 Å². The SMILES string of the molecule is COc1ccc(Cc2nc(N)c(C)c(Cl)c2CNc2c(F)c(OC)cc(OC)c2F)cc1. The standard InChI is InChI=1S/C23H24ClF2N3O3/c1-12-19(24)15(11-28-22-20(25)17(31-3)10-18(32-4)21(22)26)16(29-23(12)27)9-13-5-7-14(30-2)8-6-13/h5-8,10,28H,9,11H2,1-4H3,(H2,27,29). The van der Waals surface area contributed by atoms with E-state index in [0.29, 0.717) is 34.1 Å². The van der Waals surface area contributed by atoms with Gasteiger partial charge in [0.1, 0.15) is 17.3 Å². The summed E-state index contributed by atoms with van der Waals surface area (Å²) < 4.78 is 44.7. The number of nitrogens with zero attached hydrogens (tertiary/aromatic N) is 1. The molecule has 3 N–H and O–H groups in total. The van der Waals surface area contributed by atoms with Gasteiger partial charge in [0, 0.05) is 30.2 Å². The van der Waals surface area contributed by atoms with Crippen LogP contribution in [0.2, 0.25) is 5.02 Å². The lowest BCUT2D eigenvalue weighted by atomic mass is 10.0. The van der Waals surface area contributed by atoms with E-state index in [1.807, 2.05) is 24.3 Å². The number of anilines is 2. The molecule has 1 aromatic heterocycles. The van der Waals surface area contributed by atoms with Gasteiger partial charge in [-0.05, 0) is 24.6 Å². The van der Waals surface area contributed by atoms with Gasteiger partial charge in [0.25, 0.3) is 0 Å². The number of benzene rings is 2. The molecule has 0 radical (unpaired) electrons. The van der Waals surface area contributed by atoms with E-state index in [2.05, 4.69) is 10.3 Å². The fourth-order valence-electron chi connectivity index (χ4n) is 3.24. The second kappa shape index (κ2) is 9.91. The molecule has 0 aliphatic rings. The highest BCUT2D eigenvalue weighted by Gasteiger charge is 2.22. The van der Waals surface area contributed by atoms with Crippen LogP contribution in [0.15, 0.2) is 30.3 Å². The summed E-state index contributed by atoms with van der Waals surface area (Å²) in [5, 5.41) is 3.16. The van der Waals surface area contributed by atoms with E-state index < -0.39 is 11.6 Å². The number of rotatable bonds is 8. The van der Waals surface area contributed by atoms with Gasteiger partial charge in [-0.2, -0.15) is 0 Å². The number of nitrogens with two attached hydrogens (primary N) is 1. The molecule has 0 fully saturated rings. The predicted octanol–water partition coefficient (Wildman–Crippen LogP) is 5.13. The Labute approximate surface area is 190 Å². The molecule has 3 rings (SSSR count). The molecule has 2 aromatic carbocycles. The maximum atomic E-state index is 14.8. The highest BCUT2D eigenvalue weighted by atomic mass is 35.5. The molecule has 0 spiro atoms. The third-order valence-corrected chi connectivity index (χ3v) is 5.64. The Hall–Kier alpha value is -3.26. The monoisotopic (exact) mass is 463 g/mol. The quantitative estimate of drug-likeness (QED) is 0.482. The number of methoxy groups -OCH3 is 3. The normalized spacial score (nSPS) is 10.7. The summed E-state index contributed by atoms with van der Waals surface area (Å²) in [6.07, 6.45) is 0.414. The lowest BCUT2D eigenvalue weighted by molar-refractivity contribution is 0.360. The molecule has 0 aliphatic carbocycles. The number of ether oxygens (including phenoxy) is 3. The molecular formula is C23H24ClF2N3O3. The van der Waals surface area contributed by atoms with Gasteiger partial charge in [0.05, 0.1) is 32.0 Å². The number of nitrogen functional groups attached to an aromatic ring is 1. The zero-order chi connectivity index (χ0) is 23.4. The first-order valence-electron chi connectivity index (χ1n) is 9.70. The summed E-state index contributed by atoms with van der Waals surface area (Å²) in [5.41, 5.74) is 8.35. The number of pyridine rings is 1. The molecule has 6 nitrogen and oxygen atoms in total. The second-order valence-electron chi connectivity index (χ2n) is 7.02. The van der Waals surface area contributed by atoms with Gasteiger partial charge < -0.3 is 25.3 Å². The van der Waals surface area contributed by atoms with Crippen LogP contribution in [0.4, 0.5) is 20.3 Å². The van der Waals surface area contributed by atoms with Crippen molar-refractivity contribution >= 4 is 23.1 Å². The first-order chi connectivity index (χ1) is 15.3. The molecular weight excluding hydrogens is 440 g/mol. The zero-order valence-corrected chi connectivity index (χ0v) is 18.9. The summed E-state index contributed by atoms with van der Waals surface area (Å²) >= 11 is 6.56. The minimum absolute atomic E-state index is 0.00258. The average Bonchev–Trinajstić information content (AvgIpc) is 2.80. The predicted molar refractivity (Wildman–Crippen MR) is 121 cm³/mol. The summed E-state index contributed by atoms with van der Waals surface area (Å²) in [4.78, 5) is 4.48. The van der Waals surface area contributed by atoms with Crippen molar-refractivity contribution in [1.29, 1.82) is 0 Å². The van der Waals surface area contributed by atoms with Crippen LogP contribution in [0.3, 0.4) is 0 Å². The van der Waals surface area contributed by atoms with Gasteiger partial charge in [-0.25, -0.2) is 13.8 Å². The lowest BCUT2D eigenvalue weighted by Gasteiger charge is -2.18. The summed E-state index contributed by atoms with van der Waals surface area (Å²) in [5.74, 6) is -1.04. The Balaban J connectivity index is 1.98. The maximum absolute atomic E-state index is 14.8. The van der Waals surface area contributed by atoms with Crippen LogP contribution in [0.5, 0.6) is 17.2 Å². The topological polar surface area (TPSA) is 78.6 Å². The molecule has 3 aromatic rings. The van der Waals surface area contributed by atoms with Crippen LogP contribution < -0.4 is 25.3 Å². The smallest absolute Gasteiger partial charge is 0.191 e. The second-order valence-corrected chi connectivity index (χ2v) is 7.40. The van der Waals surface area contributed by atoms with E-state index in [4.69, 9.17) is 31.5 Å². The number of hydrogen-bond acceptors (Lipinski definition) is 6. The minimum Gasteiger partial charge on any atom is -0.497 e. The van der Waals surface area contributed by atoms with E-state index in [1.165, 1.54) is 14.2 Å². The summed E-state index contributed by atoms with van der Waals surface area (Å²) in [6.45, 7) is 1.74. The van der Waals surface area contributed by atoms with Gasteiger partial charge in [0.2, 0.25) is 0 Å². The number of aromatic nitrogens is 1. The van der Waals surface area contributed by atoms with Crippen molar-refractivity contribution in [2.45, 2.75) is 19.9 Å². The molecule has 0 bridgehead atoms. The molecule has 0 saturated heterocycles. The van der Waals surface area contributed by atoms with Crippen molar-refractivity contribution in [3.05, 3.63) is 69.4 Å². The average molecular weight is 464 g/mol. The minimum atomic E-state index is -0.876. The molecule has 32 heavy (non-hydrogen) atoms. The molecule has 0 unspecified atom stereocenters.